The molecule has 1 aliphatic rings. The summed E-state index contributed by atoms with van der Waals surface area (Å²) < 4.78 is 61.4. The number of phenolic OH excluding ortho intramolecular Hbond substituents is 2. The van der Waals surface area contributed by atoms with Gasteiger partial charge in [0.25, 0.3) is 10.9 Å². The number of benzene rings is 4. The summed E-state index contributed by atoms with van der Waals surface area (Å²) in [6, 6.07) is 19.8. The molecule has 0 heterocycles. The molecule has 7 N–H and O–H groups in total. The summed E-state index contributed by atoms with van der Waals surface area (Å²) in [4.78, 5) is 37.5. The number of halogens is 2. The minimum atomic E-state index is -4.56. The Hall–Kier alpha value is -5.51. The fraction of sp³-hybridized carbons (Fsp3) is 0.295. The van der Waals surface area contributed by atoms with Gasteiger partial charge in [-0.15, -0.1) is 0 Å². The van der Waals surface area contributed by atoms with E-state index in [2.05, 4.69) is 21.3 Å². The normalized spacial score (nSPS) is 15.6. The van der Waals surface area contributed by atoms with Crippen LogP contribution in [0.25, 0.3) is 0 Å². The molecule has 5 aromatic rings. The minimum Gasteiger partial charge on any atom is -0.504 e. The van der Waals surface area contributed by atoms with E-state index in [9.17, 15) is 46.5 Å². The summed E-state index contributed by atoms with van der Waals surface area (Å²) in [5.41, 5.74) is -0.900. The second kappa shape index (κ2) is 18.8. The maximum atomic E-state index is 14.2. The van der Waals surface area contributed by atoms with Crippen LogP contribution in [0, 0.1) is 5.41 Å². The molecule has 6 rings (SSSR count). The molecule has 0 amide bonds. The topological polar surface area (TPSA) is 244 Å². The van der Waals surface area contributed by atoms with Crippen molar-refractivity contribution in [1.29, 1.82) is 0 Å². The number of anilines is 4. The first-order valence-electron chi connectivity index (χ1n) is 19.8. The maximum absolute atomic E-state index is 14.2. The monoisotopic (exact) mass is 970 g/mol. The Morgan fingerprint density at radius 1 is 0.738 bits per heavy atom. The summed E-state index contributed by atoms with van der Waals surface area (Å²) in [5, 5.41) is 44.2. The number of carbonyl (C=O) groups is 1. The molecule has 5 aromatic carbocycles. The van der Waals surface area contributed by atoms with Crippen LogP contribution in [0.1, 0.15) is 49.5 Å². The zero-order valence-corrected chi connectivity index (χ0v) is 39.4. The number of aromatic hydroxyl groups is 2. The number of aliphatic hydroxyl groups is 1. The lowest BCUT2D eigenvalue weighted by Crippen LogP contribution is -2.47. The van der Waals surface area contributed by atoms with E-state index in [4.69, 9.17) is 27.9 Å². The Balaban J connectivity index is 1.24. The van der Waals surface area contributed by atoms with E-state index in [-0.39, 0.29) is 57.3 Å². The van der Waals surface area contributed by atoms with Crippen molar-refractivity contribution in [2.24, 2.45) is 5.41 Å². The molecule has 1 unspecified atom stereocenters. The molecule has 0 saturated carbocycles. The van der Waals surface area contributed by atoms with E-state index in [0.29, 0.717) is 11.1 Å². The number of Topliss-reactive ketones (excluding diaryl/α,β-unsaturated/α-hetero) is 1. The van der Waals surface area contributed by atoms with Crippen molar-refractivity contribution in [3.05, 3.63) is 137 Å². The van der Waals surface area contributed by atoms with Crippen molar-refractivity contribution in [3.63, 3.8) is 0 Å². The van der Waals surface area contributed by atoms with Gasteiger partial charge in [-0.05, 0) is 46.4 Å². The molecule has 0 radical (unpaired) electrons. The predicted molar refractivity (Wildman–Crippen MR) is 249 cm³/mol. The Kier molecular flexibility index (Phi) is 14.1. The Labute approximate surface area is 386 Å². The molecular weight excluding hydrogens is 924 g/mol. The van der Waals surface area contributed by atoms with Crippen LogP contribution in [0.2, 0.25) is 10.0 Å². The van der Waals surface area contributed by atoms with E-state index < -0.39 is 81.6 Å². The lowest BCUT2D eigenvalue weighted by molar-refractivity contribution is -0.125. The number of carbonyl (C=O) groups excluding carboxylic acids is 1. The first-order chi connectivity index (χ1) is 30.4. The fourth-order valence-corrected chi connectivity index (χ4v) is 10.4. The Morgan fingerprint density at radius 3 is 1.86 bits per heavy atom. The van der Waals surface area contributed by atoms with Crippen molar-refractivity contribution in [2.75, 3.05) is 50.8 Å². The van der Waals surface area contributed by atoms with Crippen LogP contribution in [0.5, 0.6) is 11.5 Å². The lowest BCUT2D eigenvalue weighted by Gasteiger charge is -2.33. The zero-order chi connectivity index (χ0) is 47.9. The molecule has 0 saturated heterocycles. The van der Waals surface area contributed by atoms with Crippen LogP contribution >= 0.6 is 23.2 Å². The van der Waals surface area contributed by atoms with Gasteiger partial charge >= 0.3 is 0 Å². The second-order valence-corrected chi connectivity index (χ2v) is 21.4. The quantitative estimate of drug-likeness (QED) is 0.0420. The highest BCUT2D eigenvalue weighted by atomic mass is 35.5. The molecule has 0 aromatic heterocycles. The van der Waals surface area contributed by atoms with E-state index >= 15 is 0 Å². The van der Waals surface area contributed by atoms with Crippen molar-refractivity contribution in [1.82, 2.24) is 13.9 Å². The molecule has 17 nitrogen and oxygen atoms in total. The van der Waals surface area contributed by atoms with Crippen molar-refractivity contribution in [2.45, 2.75) is 55.3 Å². The number of ether oxygens (including phenoxy) is 1. The fourth-order valence-electron chi connectivity index (χ4n) is 7.19. The van der Waals surface area contributed by atoms with Crippen molar-refractivity contribution in [3.8, 4) is 11.5 Å². The molecule has 65 heavy (non-hydrogen) atoms. The van der Waals surface area contributed by atoms with Gasteiger partial charge in [0.2, 0.25) is 25.8 Å². The number of hydrogen-bond donors (Lipinski definition) is 7. The van der Waals surface area contributed by atoms with Crippen LogP contribution in [0.4, 0.5) is 22.7 Å². The predicted octanol–water partition coefficient (Wildman–Crippen LogP) is 5.56. The number of aliphatic hydroxyl groups excluding tert-OH is 1. The first kappa shape index (κ1) is 48.9. The van der Waals surface area contributed by atoms with Crippen LogP contribution in [-0.4, -0.2) is 87.5 Å². The summed E-state index contributed by atoms with van der Waals surface area (Å²) >= 11 is 12.6. The van der Waals surface area contributed by atoms with Gasteiger partial charge in [0, 0.05) is 34.8 Å². The highest BCUT2D eigenvalue weighted by Crippen LogP contribution is 2.43. The van der Waals surface area contributed by atoms with Crippen LogP contribution < -0.4 is 32.1 Å². The standard InChI is InChI=1S/C44H48Cl2N6O11S2/c1-44(2,3)43(24-13-9-8-10-14-24)50-34-33(39(57)40(34)58)48-29-19-17-27(46)42(36(29)54)65(61,62)52(6)21-23-12-11-15-25(20-23)30(22-63-7)49-32-31(37(55)38(32)56)47-28-18-16-26(45)41(35(28)53)64(59,60)51(4)5/h8-20,30,37,43,47-50,53-55H,21-22H2,1-7H3/t30-,37?,43+/m1/s1. The second-order valence-electron chi connectivity index (χ2n) is 16.6. The average molecular weight is 972 g/mol. The molecule has 0 aliphatic heterocycles. The number of methoxy groups -OCH3 is 1. The molecule has 346 valence electrons. The van der Waals surface area contributed by atoms with Crippen molar-refractivity contribution < 1.29 is 41.7 Å². The van der Waals surface area contributed by atoms with Crippen LogP contribution in [-0.2, 0) is 36.1 Å². The van der Waals surface area contributed by atoms with E-state index in [1.165, 1.54) is 52.5 Å². The van der Waals surface area contributed by atoms with E-state index in [1.54, 1.807) is 24.3 Å². The SMILES string of the molecule is COC[C@@H](NC1=C(Nc2ccc(Cl)c(S(=O)(=O)N(C)C)c2O)C(O)C1=O)c1cccc(CN(C)S(=O)(=O)c2c(Cl)ccc(Nc3c(N[C@@H](c4ccccc4)C(C)(C)C)c(=O)c3=O)c2O)c1. The number of ketones is 1. The zero-order valence-electron chi connectivity index (χ0n) is 36.2. The molecule has 0 fully saturated rings. The number of sulfonamides is 2. The van der Waals surface area contributed by atoms with Gasteiger partial charge in [-0.1, -0.05) is 98.6 Å². The number of nitrogens with one attached hydrogen (secondary N) is 4. The molecular formula is C44H48Cl2N6O11S2. The van der Waals surface area contributed by atoms with E-state index in [0.717, 1.165) is 14.2 Å². The summed E-state index contributed by atoms with van der Waals surface area (Å²) in [5.74, 6) is -2.23. The molecule has 1 aliphatic carbocycles. The highest BCUT2D eigenvalue weighted by Gasteiger charge is 2.41. The van der Waals surface area contributed by atoms with Gasteiger partial charge in [0.1, 0.15) is 26.9 Å². The number of nitrogens with zero attached hydrogens (tertiary/aromatic N) is 2. The summed E-state index contributed by atoms with van der Waals surface area (Å²) in [6.07, 6.45) is -1.65. The third-order valence-corrected chi connectivity index (χ3v) is 15.4. The van der Waals surface area contributed by atoms with Crippen LogP contribution in [0.15, 0.2) is 110 Å². The largest absolute Gasteiger partial charge is 0.504 e. The summed E-state index contributed by atoms with van der Waals surface area (Å²) in [6.45, 7) is 5.63. The molecule has 0 bridgehead atoms. The van der Waals surface area contributed by atoms with Gasteiger partial charge in [0.05, 0.1) is 45.8 Å². The summed E-state index contributed by atoms with van der Waals surface area (Å²) in [7, 11) is -3.55. The smallest absolute Gasteiger partial charge is 0.253 e. The Bertz CT molecular complexity index is 2990. The molecule has 3 atom stereocenters. The van der Waals surface area contributed by atoms with Gasteiger partial charge < -0.3 is 41.3 Å². The molecule has 0 spiro atoms. The minimum absolute atomic E-state index is 0.0230. The van der Waals surface area contributed by atoms with Gasteiger partial charge in [0.15, 0.2) is 17.6 Å². The highest BCUT2D eigenvalue weighted by molar-refractivity contribution is 7.89. The molecule has 21 heteroatoms. The Morgan fingerprint density at radius 2 is 1.29 bits per heavy atom. The van der Waals surface area contributed by atoms with Gasteiger partial charge in [-0.2, -0.15) is 4.31 Å². The lowest BCUT2D eigenvalue weighted by atomic mass is 9.82. The number of rotatable bonds is 18. The number of phenols is 2. The maximum Gasteiger partial charge on any atom is 0.253 e. The number of hydrogen-bond acceptors (Lipinski definition) is 15. The third-order valence-electron chi connectivity index (χ3n) is 10.7. The average Bonchev–Trinajstić information content (AvgIpc) is 3.24. The van der Waals surface area contributed by atoms with Crippen molar-refractivity contribution >= 4 is 71.8 Å². The first-order valence-corrected chi connectivity index (χ1v) is 23.5. The van der Waals surface area contributed by atoms with E-state index in [1.807, 2.05) is 51.1 Å². The van der Waals surface area contributed by atoms with Gasteiger partial charge in [-0.25, -0.2) is 21.1 Å². The van der Waals surface area contributed by atoms with Crippen LogP contribution in [0.3, 0.4) is 0 Å². The van der Waals surface area contributed by atoms with Gasteiger partial charge in [-0.3, -0.25) is 14.4 Å². The third kappa shape index (κ3) is 9.59.